The Hall–Kier alpha value is 0.350. The Labute approximate surface area is 131 Å². The van der Waals surface area contributed by atoms with Crippen molar-refractivity contribution in [2.75, 3.05) is 24.2 Å². The van der Waals surface area contributed by atoms with Crippen LogP contribution in [-0.2, 0) is 9.47 Å². The fourth-order valence-corrected chi connectivity index (χ4v) is 3.39. The zero-order chi connectivity index (χ0) is 12.8. The molecule has 0 aliphatic carbocycles. The van der Waals surface area contributed by atoms with Crippen LogP contribution in [0.5, 0.6) is 0 Å². The molecule has 1 fully saturated rings. The maximum absolute atomic E-state index is 6.10. The van der Waals surface area contributed by atoms with Crippen molar-refractivity contribution in [3.63, 3.8) is 0 Å². The fourth-order valence-electron chi connectivity index (χ4n) is 2.12. The van der Waals surface area contributed by atoms with Crippen LogP contribution < -0.4 is 0 Å². The number of hydrogen-bond acceptors (Lipinski definition) is 2. The van der Waals surface area contributed by atoms with E-state index >= 15 is 0 Å². The van der Waals surface area contributed by atoms with E-state index in [4.69, 9.17) is 9.47 Å². The first-order valence-corrected chi connectivity index (χ1v) is 8.63. The van der Waals surface area contributed by atoms with Crippen molar-refractivity contribution < 1.29 is 9.47 Å². The molecule has 4 heteroatoms. The first kappa shape index (κ1) is 14.8. The molecule has 0 amide bonds. The summed E-state index contributed by atoms with van der Waals surface area (Å²) >= 11 is 5.99. The predicted molar refractivity (Wildman–Crippen MR) is 85.3 cm³/mol. The van der Waals surface area contributed by atoms with Gasteiger partial charge in [0.1, 0.15) is 0 Å². The summed E-state index contributed by atoms with van der Waals surface area (Å²) in [5, 5.41) is 0. The molecular formula is C14H18BrIO2. The highest BCUT2D eigenvalue weighted by atomic mass is 127. The molecule has 0 spiro atoms. The topological polar surface area (TPSA) is 18.5 Å². The minimum Gasteiger partial charge on any atom is -0.381 e. The summed E-state index contributed by atoms with van der Waals surface area (Å²) in [7, 11) is 0. The molecular weight excluding hydrogens is 407 g/mol. The summed E-state index contributed by atoms with van der Waals surface area (Å²) in [6.45, 7) is 2.62. The van der Waals surface area contributed by atoms with Gasteiger partial charge in [-0.05, 0) is 30.4 Å². The SMILES string of the molecule is Brc1ccccc1C(CI)OCC1CCOCC1. The van der Waals surface area contributed by atoms with E-state index in [2.05, 4.69) is 56.7 Å². The summed E-state index contributed by atoms with van der Waals surface area (Å²) in [4.78, 5) is 0. The molecule has 0 aromatic heterocycles. The maximum atomic E-state index is 6.10. The Morgan fingerprint density at radius 1 is 1.33 bits per heavy atom. The molecule has 0 radical (unpaired) electrons. The Morgan fingerprint density at radius 3 is 2.72 bits per heavy atom. The molecule has 1 heterocycles. The molecule has 18 heavy (non-hydrogen) atoms. The standard InChI is InChI=1S/C14H18BrIO2/c15-13-4-2-1-3-12(13)14(9-16)18-10-11-5-7-17-8-6-11/h1-4,11,14H,5-10H2. The number of ether oxygens (including phenoxy) is 2. The normalized spacial score (nSPS) is 18.8. The van der Waals surface area contributed by atoms with Crippen LogP contribution in [-0.4, -0.2) is 24.2 Å². The molecule has 100 valence electrons. The number of rotatable bonds is 5. The van der Waals surface area contributed by atoms with Crippen molar-refractivity contribution in [2.24, 2.45) is 5.92 Å². The lowest BCUT2D eigenvalue weighted by Crippen LogP contribution is -2.21. The third kappa shape index (κ3) is 4.18. The van der Waals surface area contributed by atoms with Gasteiger partial charge in [-0.2, -0.15) is 0 Å². The maximum Gasteiger partial charge on any atom is 0.0925 e. The van der Waals surface area contributed by atoms with Gasteiger partial charge in [0.25, 0.3) is 0 Å². The zero-order valence-electron chi connectivity index (χ0n) is 10.3. The summed E-state index contributed by atoms with van der Waals surface area (Å²) in [6, 6.07) is 8.32. The lowest BCUT2D eigenvalue weighted by atomic mass is 10.0. The monoisotopic (exact) mass is 424 g/mol. The second kappa shape index (κ2) is 7.82. The Bertz CT molecular complexity index is 367. The average Bonchev–Trinajstić information content (AvgIpc) is 2.42. The van der Waals surface area contributed by atoms with Crippen LogP contribution in [0, 0.1) is 5.92 Å². The fraction of sp³-hybridized carbons (Fsp3) is 0.571. The number of hydrogen-bond donors (Lipinski definition) is 0. The zero-order valence-corrected chi connectivity index (χ0v) is 14.0. The predicted octanol–water partition coefficient (Wildman–Crippen LogP) is 4.37. The van der Waals surface area contributed by atoms with Crippen LogP contribution in [0.3, 0.4) is 0 Å². The molecule has 0 bridgehead atoms. The second-order valence-electron chi connectivity index (χ2n) is 4.55. The van der Waals surface area contributed by atoms with Gasteiger partial charge in [0.05, 0.1) is 12.7 Å². The van der Waals surface area contributed by atoms with Gasteiger partial charge < -0.3 is 9.47 Å². The first-order valence-electron chi connectivity index (χ1n) is 6.31. The smallest absolute Gasteiger partial charge is 0.0925 e. The van der Waals surface area contributed by atoms with E-state index in [-0.39, 0.29) is 6.10 Å². The van der Waals surface area contributed by atoms with Crippen molar-refractivity contribution in [1.82, 2.24) is 0 Å². The molecule has 0 N–H and O–H groups in total. The number of halogens is 2. The van der Waals surface area contributed by atoms with Crippen molar-refractivity contribution in [3.05, 3.63) is 34.3 Å². The van der Waals surface area contributed by atoms with E-state index in [9.17, 15) is 0 Å². The Kier molecular flexibility index (Phi) is 6.41. The number of benzene rings is 1. The molecule has 1 atom stereocenters. The van der Waals surface area contributed by atoms with Gasteiger partial charge in [-0.15, -0.1) is 0 Å². The van der Waals surface area contributed by atoms with Gasteiger partial charge in [0, 0.05) is 22.1 Å². The highest BCUT2D eigenvalue weighted by Crippen LogP contribution is 2.28. The summed E-state index contributed by atoms with van der Waals surface area (Å²) in [5.41, 5.74) is 1.25. The van der Waals surface area contributed by atoms with E-state index in [0.29, 0.717) is 5.92 Å². The molecule has 1 unspecified atom stereocenters. The highest BCUT2D eigenvalue weighted by molar-refractivity contribution is 14.1. The highest BCUT2D eigenvalue weighted by Gasteiger charge is 2.18. The minimum atomic E-state index is 0.184. The van der Waals surface area contributed by atoms with Crippen molar-refractivity contribution in [2.45, 2.75) is 18.9 Å². The van der Waals surface area contributed by atoms with Gasteiger partial charge in [0.15, 0.2) is 0 Å². The minimum absolute atomic E-state index is 0.184. The van der Waals surface area contributed by atoms with Gasteiger partial charge >= 0.3 is 0 Å². The first-order chi connectivity index (χ1) is 8.81. The summed E-state index contributed by atoms with van der Waals surface area (Å²) in [5.74, 6) is 0.659. The molecule has 1 aromatic rings. The van der Waals surface area contributed by atoms with Crippen molar-refractivity contribution in [1.29, 1.82) is 0 Å². The van der Waals surface area contributed by atoms with E-state index in [1.807, 2.05) is 6.07 Å². The number of alkyl halides is 1. The summed E-state index contributed by atoms with van der Waals surface area (Å²) < 4.78 is 13.6. The lowest BCUT2D eigenvalue weighted by molar-refractivity contribution is -0.00342. The molecule has 0 saturated carbocycles. The van der Waals surface area contributed by atoms with Crippen LogP contribution in [0.2, 0.25) is 0 Å². The molecule has 1 aliphatic rings. The molecule has 1 aliphatic heterocycles. The lowest BCUT2D eigenvalue weighted by Gasteiger charge is -2.25. The molecule has 2 rings (SSSR count). The Morgan fingerprint density at radius 2 is 2.06 bits per heavy atom. The van der Waals surface area contributed by atoms with E-state index < -0.39 is 0 Å². The largest absolute Gasteiger partial charge is 0.381 e. The van der Waals surface area contributed by atoms with E-state index in [1.165, 1.54) is 5.56 Å². The van der Waals surface area contributed by atoms with Crippen LogP contribution in [0.4, 0.5) is 0 Å². The van der Waals surface area contributed by atoms with Crippen LogP contribution in [0.25, 0.3) is 0 Å². The van der Waals surface area contributed by atoms with Gasteiger partial charge in [0.2, 0.25) is 0 Å². The third-order valence-electron chi connectivity index (χ3n) is 3.27. The Balaban J connectivity index is 1.91. The second-order valence-corrected chi connectivity index (χ2v) is 6.29. The molecule has 2 nitrogen and oxygen atoms in total. The molecule has 1 saturated heterocycles. The third-order valence-corrected chi connectivity index (χ3v) is 4.79. The van der Waals surface area contributed by atoms with Gasteiger partial charge in [-0.25, -0.2) is 0 Å². The van der Waals surface area contributed by atoms with Crippen LogP contribution in [0.15, 0.2) is 28.7 Å². The van der Waals surface area contributed by atoms with E-state index in [1.54, 1.807) is 0 Å². The van der Waals surface area contributed by atoms with Crippen LogP contribution >= 0.6 is 38.5 Å². The van der Waals surface area contributed by atoms with Gasteiger partial charge in [-0.1, -0.05) is 56.7 Å². The van der Waals surface area contributed by atoms with Crippen molar-refractivity contribution >= 4 is 38.5 Å². The van der Waals surface area contributed by atoms with E-state index in [0.717, 1.165) is 41.6 Å². The van der Waals surface area contributed by atoms with Gasteiger partial charge in [-0.3, -0.25) is 0 Å². The van der Waals surface area contributed by atoms with Crippen LogP contribution in [0.1, 0.15) is 24.5 Å². The van der Waals surface area contributed by atoms with Crippen molar-refractivity contribution in [3.8, 4) is 0 Å². The molecule has 1 aromatic carbocycles. The quantitative estimate of drug-likeness (QED) is 0.516. The summed E-state index contributed by atoms with van der Waals surface area (Å²) in [6.07, 6.45) is 2.44. The average molecular weight is 425 g/mol.